The summed E-state index contributed by atoms with van der Waals surface area (Å²) >= 11 is 1.81. The van der Waals surface area contributed by atoms with Crippen LogP contribution in [0.4, 0.5) is 0 Å². The number of hydrogen-bond donors (Lipinski definition) is 2. The molecule has 128 valence electrons. The zero-order valence-corrected chi connectivity index (χ0v) is 15.3. The predicted molar refractivity (Wildman–Crippen MR) is 103 cm³/mol. The van der Waals surface area contributed by atoms with Crippen molar-refractivity contribution in [1.29, 1.82) is 0 Å². The number of thiophene rings is 1. The Morgan fingerprint density at radius 1 is 1.29 bits per heavy atom. The summed E-state index contributed by atoms with van der Waals surface area (Å²) in [5, 5.41) is 10.7. The van der Waals surface area contributed by atoms with Crippen LogP contribution in [0.3, 0.4) is 0 Å². The summed E-state index contributed by atoms with van der Waals surface area (Å²) in [5.41, 5.74) is 1.35. The minimum Gasteiger partial charge on any atom is -0.352 e. The van der Waals surface area contributed by atoms with Gasteiger partial charge in [0.25, 0.3) is 0 Å². The van der Waals surface area contributed by atoms with Crippen LogP contribution < -0.4 is 10.6 Å². The first-order valence-electron chi connectivity index (χ1n) is 8.91. The van der Waals surface area contributed by atoms with Gasteiger partial charge in [-0.25, -0.2) is 0 Å². The van der Waals surface area contributed by atoms with E-state index in [2.05, 4.69) is 57.1 Å². The fourth-order valence-corrected chi connectivity index (χ4v) is 4.61. The number of nitrogens with one attached hydrogen (secondary N) is 2. The van der Waals surface area contributed by atoms with E-state index < -0.39 is 0 Å². The highest BCUT2D eigenvalue weighted by molar-refractivity contribution is 7.17. The molecular weight excluding hydrogens is 316 g/mol. The number of aliphatic imine (C=N–C) groups is 1. The van der Waals surface area contributed by atoms with Gasteiger partial charge in [-0.15, -0.1) is 11.3 Å². The average molecular weight is 343 g/mol. The number of rotatable bonds is 4. The lowest BCUT2D eigenvalue weighted by atomic mass is 10.1. The quantitative estimate of drug-likeness (QED) is 0.663. The molecule has 2 heterocycles. The van der Waals surface area contributed by atoms with Crippen molar-refractivity contribution in [2.75, 3.05) is 20.1 Å². The molecule has 1 saturated heterocycles. The van der Waals surface area contributed by atoms with Crippen molar-refractivity contribution >= 4 is 27.4 Å². The predicted octanol–water partition coefficient (Wildman–Crippen LogP) is 3.05. The average Bonchev–Trinajstić information content (AvgIpc) is 3.28. The maximum atomic E-state index is 4.43. The second-order valence-corrected chi connectivity index (χ2v) is 8.01. The molecule has 4 rings (SSSR count). The normalized spacial score (nSPS) is 25.3. The lowest BCUT2D eigenvalue weighted by molar-refractivity contribution is 0.315. The molecule has 0 spiro atoms. The number of fused-ring (bicyclic) bond motifs is 1. The maximum Gasteiger partial charge on any atom is 0.191 e. The highest BCUT2D eigenvalue weighted by atomic mass is 32.1. The molecule has 2 atom stereocenters. The standard InChI is InChI=1S/C19H26N4S/c1-13-10-23(15-7-8-15)11-17(13)22-19(20-2)21-9-14-12-24-18-6-4-3-5-16(14)18/h3-6,12-13,15,17H,7-11H2,1-2H3,(H2,20,21,22). The third kappa shape index (κ3) is 3.28. The van der Waals surface area contributed by atoms with E-state index in [1.54, 1.807) is 0 Å². The molecule has 2 unspecified atom stereocenters. The molecule has 0 radical (unpaired) electrons. The van der Waals surface area contributed by atoms with Crippen molar-refractivity contribution in [3.8, 4) is 0 Å². The molecule has 1 aliphatic carbocycles. The van der Waals surface area contributed by atoms with Crippen LogP contribution in [0, 0.1) is 5.92 Å². The van der Waals surface area contributed by atoms with Gasteiger partial charge in [-0.3, -0.25) is 9.89 Å². The molecule has 0 bridgehead atoms. The first-order chi connectivity index (χ1) is 11.7. The monoisotopic (exact) mass is 342 g/mol. The van der Waals surface area contributed by atoms with Gasteiger partial charge in [0.15, 0.2) is 5.96 Å². The van der Waals surface area contributed by atoms with Gasteiger partial charge in [0.2, 0.25) is 0 Å². The SMILES string of the molecule is CN=C(NCc1csc2ccccc12)NC1CN(C2CC2)CC1C. The Labute approximate surface area is 148 Å². The Hall–Kier alpha value is -1.59. The molecule has 0 amide bonds. The van der Waals surface area contributed by atoms with E-state index in [1.165, 1.54) is 35.0 Å². The zero-order valence-electron chi connectivity index (χ0n) is 14.5. The Kier molecular flexibility index (Phi) is 4.46. The number of benzene rings is 1. The molecule has 1 aliphatic heterocycles. The van der Waals surface area contributed by atoms with E-state index in [9.17, 15) is 0 Å². The Balaban J connectivity index is 1.36. The molecule has 1 aromatic carbocycles. The molecule has 5 heteroatoms. The minimum atomic E-state index is 0.496. The topological polar surface area (TPSA) is 39.7 Å². The summed E-state index contributed by atoms with van der Waals surface area (Å²) < 4.78 is 1.35. The summed E-state index contributed by atoms with van der Waals surface area (Å²) in [6, 6.07) is 9.94. The number of hydrogen-bond acceptors (Lipinski definition) is 3. The van der Waals surface area contributed by atoms with Crippen LogP contribution in [0.25, 0.3) is 10.1 Å². The molecule has 1 aromatic heterocycles. The van der Waals surface area contributed by atoms with Gasteiger partial charge in [-0.1, -0.05) is 25.1 Å². The van der Waals surface area contributed by atoms with Crippen LogP contribution in [0.2, 0.25) is 0 Å². The molecule has 2 N–H and O–H groups in total. The second kappa shape index (κ2) is 6.73. The van der Waals surface area contributed by atoms with Crippen LogP contribution in [-0.2, 0) is 6.54 Å². The summed E-state index contributed by atoms with van der Waals surface area (Å²) in [7, 11) is 1.86. The van der Waals surface area contributed by atoms with Crippen LogP contribution in [-0.4, -0.2) is 43.1 Å². The second-order valence-electron chi connectivity index (χ2n) is 7.10. The Bertz CT molecular complexity index is 734. The molecule has 24 heavy (non-hydrogen) atoms. The van der Waals surface area contributed by atoms with E-state index >= 15 is 0 Å². The smallest absolute Gasteiger partial charge is 0.191 e. The molecule has 2 aromatic rings. The number of guanidine groups is 1. The van der Waals surface area contributed by atoms with Gasteiger partial charge in [0, 0.05) is 43.5 Å². The van der Waals surface area contributed by atoms with Gasteiger partial charge in [0.05, 0.1) is 0 Å². The van der Waals surface area contributed by atoms with Crippen LogP contribution in [0.5, 0.6) is 0 Å². The zero-order chi connectivity index (χ0) is 16.5. The fraction of sp³-hybridized carbons (Fsp3) is 0.526. The van der Waals surface area contributed by atoms with Crippen molar-refractivity contribution < 1.29 is 0 Å². The molecule has 2 fully saturated rings. The Morgan fingerprint density at radius 3 is 2.92 bits per heavy atom. The van der Waals surface area contributed by atoms with Gasteiger partial charge in [-0.2, -0.15) is 0 Å². The summed E-state index contributed by atoms with van der Waals surface area (Å²) in [6.45, 7) is 5.53. The van der Waals surface area contributed by atoms with Crippen molar-refractivity contribution in [2.24, 2.45) is 10.9 Å². The van der Waals surface area contributed by atoms with Crippen molar-refractivity contribution in [2.45, 2.75) is 38.4 Å². The van der Waals surface area contributed by atoms with Crippen molar-refractivity contribution in [1.82, 2.24) is 15.5 Å². The summed E-state index contributed by atoms with van der Waals surface area (Å²) in [5.74, 6) is 1.59. The first-order valence-corrected chi connectivity index (χ1v) is 9.79. The largest absolute Gasteiger partial charge is 0.352 e. The van der Waals surface area contributed by atoms with E-state index in [0.717, 1.165) is 25.1 Å². The van der Waals surface area contributed by atoms with Crippen molar-refractivity contribution in [3.05, 3.63) is 35.2 Å². The third-order valence-electron chi connectivity index (χ3n) is 5.26. The van der Waals surface area contributed by atoms with E-state index in [4.69, 9.17) is 0 Å². The summed E-state index contributed by atoms with van der Waals surface area (Å²) in [4.78, 5) is 7.07. The number of nitrogens with zero attached hydrogens (tertiary/aromatic N) is 2. The van der Waals surface area contributed by atoms with Gasteiger partial charge >= 0.3 is 0 Å². The van der Waals surface area contributed by atoms with Crippen molar-refractivity contribution in [3.63, 3.8) is 0 Å². The van der Waals surface area contributed by atoms with E-state index in [-0.39, 0.29) is 0 Å². The lowest BCUT2D eigenvalue weighted by Gasteiger charge is -2.20. The maximum absolute atomic E-state index is 4.43. The van der Waals surface area contributed by atoms with E-state index in [0.29, 0.717) is 12.0 Å². The highest BCUT2D eigenvalue weighted by Gasteiger charge is 2.38. The molecule has 1 saturated carbocycles. The van der Waals surface area contributed by atoms with Crippen LogP contribution in [0.1, 0.15) is 25.3 Å². The third-order valence-corrected chi connectivity index (χ3v) is 6.27. The van der Waals surface area contributed by atoms with Gasteiger partial charge in [0.1, 0.15) is 0 Å². The van der Waals surface area contributed by atoms with Gasteiger partial charge < -0.3 is 10.6 Å². The fourth-order valence-electron chi connectivity index (χ4n) is 3.65. The van der Waals surface area contributed by atoms with Crippen LogP contribution in [0.15, 0.2) is 34.6 Å². The van der Waals surface area contributed by atoms with E-state index in [1.807, 2.05) is 18.4 Å². The number of likely N-dealkylation sites (tertiary alicyclic amines) is 1. The Morgan fingerprint density at radius 2 is 2.12 bits per heavy atom. The molecular formula is C19H26N4S. The highest BCUT2D eigenvalue weighted by Crippen LogP contribution is 2.31. The van der Waals surface area contributed by atoms with Crippen LogP contribution >= 0.6 is 11.3 Å². The minimum absolute atomic E-state index is 0.496. The van der Waals surface area contributed by atoms with Gasteiger partial charge in [-0.05, 0) is 41.2 Å². The molecule has 2 aliphatic rings. The summed E-state index contributed by atoms with van der Waals surface area (Å²) in [6.07, 6.45) is 2.77. The lowest BCUT2D eigenvalue weighted by Crippen LogP contribution is -2.46. The first kappa shape index (κ1) is 15.9. The molecule has 4 nitrogen and oxygen atoms in total.